The maximum absolute atomic E-state index is 12.3. The molecule has 0 saturated heterocycles. The third kappa shape index (κ3) is 4.09. The summed E-state index contributed by atoms with van der Waals surface area (Å²) in [5.74, 6) is -0.0501. The van der Waals surface area contributed by atoms with Gasteiger partial charge in [0.15, 0.2) is 0 Å². The van der Waals surface area contributed by atoms with E-state index >= 15 is 0 Å². The zero-order valence-corrected chi connectivity index (χ0v) is 10.2. The molecule has 0 amide bonds. The first kappa shape index (κ1) is 14.6. The summed E-state index contributed by atoms with van der Waals surface area (Å²) in [6, 6.07) is 2.20. The summed E-state index contributed by atoms with van der Waals surface area (Å²) in [6.45, 7) is 1.72. The maximum Gasteiger partial charge on any atom is 0.433 e. The standard InChI is InChI=1S/C10H10F3N3OS/c1-7(5-18(17)16-6-14)8-2-3-9(15-4-8)10(11,12)13/h2-4,7H,5H2,1H3,(H,16,17)/t7-,18+/m0/s1. The highest BCUT2D eigenvalue weighted by Crippen LogP contribution is 2.28. The fraction of sp³-hybridized carbons (Fsp3) is 0.400. The lowest BCUT2D eigenvalue weighted by Gasteiger charge is -2.11. The number of pyridine rings is 1. The van der Waals surface area contributed by atoms with E-state index in [0.29, 0.717) is 5.56 Å². The zero-order chi connectivity index (χ0) is 13.8. The van der Waals surface area contributed by atoms with E-state index in [1.165, 1.54) is 12.3 Å². The average molecular weight is 277 g/mol. The number of nitriles is 1. The number of alkyl halides is 3. The first-order chi connectivity index (χ1) is 8.34. The van der Waals surface area contributed by atoms with Gasteiger partial charge in [-0.1, -0.05) is 13.0 Å². The molecule has 0 bridgehead atoms. The molecule has 0 aliphatic carbocycles. The van der Waals surface area contributed by atoms with E-state index in [0.717, 1.165) is 12.3 Å². The van der Waals surface area contributed by atoms with Gasteiger partial charge in [-0.3, -0.25) is 4.98 Å². The van der Waals surface area contributed by atoms with Crippen LogP contribution in [0.15, 0.2) is 22.7 Å². The van der Waals surface area contributed by atoms with Crippen molar-refractivity contribution >= 4 is 11.0 Å². The van der Waals surface area contributed by atoms with Crippen LogP contribution in [0.4, 0.5) is 13.2 Å². The fourth-order valence-corrected chi connectivity index (χ4v) is 2.08. The summed E-state index contributed by atoms with van der Waals surface area (Å²) in [4.78, 5) is 3.33. The Bertz CT molecular complexity index is 479. The molecule has 0 radical (unpaired) electrons. The number of rotatable bonds is 3. The van der Waals surface area contributed by atoms with Crippen molar-refractivity contribution in [3.8, 4) is 6.19 Å². The molecule has 0 aromatic carbocycles. The summed E-state index contributed by atoms with van der Waals surface area (Å²) in [5.41, 5.74) is -0.397. The molecule has 1 rings (SSSR count). The van der Waals surface area contributed by atoms with Gasteiger partial charge in [0, 0.05) is 22.9 Å². The quantitative estimate of drug-likeness (QED) is 0.863. The van der Waals surface area contributed by atoms with Crippen molar-refractivity contribution < 1.29 is 17.7 Å². The molecule has 1 N–H and O–H groups in total. The Hall–Kier alpha value is -1.46. The van der Waals surface area contributed by atoms with E-state index in [-0.39, 0.29) is 11.7 Å². The minimum absolute atomic E-state index is 0.181. The summed E-state index contributed by atoms with van der Waals surface area (Å²) in [5, 5.41) is 8.24. The smallest absolute Gasteiger partial charge is 0.321 e. The Morgan fingerprint density at radius 1 is 1.56 bits per heavy atom. The molecule has 8 heteroatoms. The van der Waals surface area contributed by atoms with Crippen molar-refractivity contribution in [1.29, 1.82) is 5.26 Å². The van der Waals surface area contributed by atoms with E-state index in [1.807, 2.05) is 0 Å². The summed E-state index contributed by atoms with van der Waals surface area (Å²) in [7, 11) is -1.41. The zero-order valence-electron chi connectivity index (χ0n) is 9.35. The van der Waals surface area contributed by atoms with Gasteiger partial charge in [0.05, 0.1) is 0 Å². The van der Waals surface area contributed by atoms with E-state index in [2.05, 4.69) is 9.35 Å². The van der Waals surface area contributed by atoms with Crippen LogP contribution in [0.5, 0.6) is 0 Å². The van der Waals surface area contributed by atoms with E-state index < -0.39 is 22.8 Å². The molecular weight excluding hydrogens is 267 g/mol. The maximum atomic E-state index is 12.3. The van der Waals surface area contributed by atoms with E-state index in [4.69, 9.17) is 5.26 Å². The predicted molar refractivity (Wildman–Crippen MR) is 60.6 cm³/mol. The van der Waals surface area contributed by atoms with Crippen LogP contribution in [0, 0.1) is 11.5 Å². The van der Waals surface area contributed by atoms with Gasteiger partial charge in [-0.15, -0.1) is 4.36 Å². The highest BCUT2D eigenvalue weighted by molar-refractivity contribution is 7.81. The molecule has 0 unspecified atom stereocenters. The largest absolute Gasteiger partial charge is 0.433 e. The molecule has 1 aromatic rings. The Morgan fingerprint density at radius 3 is 2.67 bits per heavy atom. The topological polar surface area (TPSA) is 69.3 Å². The number of hydrogen-bond acceptors (Lipinski definition) is 3. The molecule has 2 atom stereocenters. The Labute approximate surface area is 104 Å². The monoisotopic (exact) mass is 277 g/mol. The number of hydrogen-bond donors (Lipinski definition) is 1. The highest BCUT2D eigenvalue weighted by Gasteiger charge is 2.32. The van der Waals surface area contributed by atoms with Gasteiger partial charge < -0.3 is 4.55 Å². The van der Waals surface area contributed by atoms with Crippen molar-refractivity contribution in [2.24, 2.45) is 4.36 Å². The van der Waals surface area contributed by atoms with Gasteiger partial charge in [-0.25, -0.2) is 0 Å². The first-order valence-corrected chi connectivity index (χ1v) is 6.18. The summed E-state index contributed by atoms with van der Waals surface area (Å²) < 4.78 is 49.4. The van der Waals surface area contributed by atoms with Gasteiger partial charge in [-0.05, 0) is 17.5 Å². The molecule has 0 aliphatic heterocycles. The third-order valence-electron chi connectivity index (χ3n) is 2.19. The lowest BCUT2D eigenvalue weighted by atomic mass is 10.1. The van der Waals surface area contributed by atoms with Gasteiger partial charge in [0.25, 0.3) is 0 Å². The fourth-order valence-electron chi connectivity index (χ4n) is 1.27. The molecule has 98 valence electrons. The van der Waals surface area contributed by atoms with Gasteiger partial charge >= 0.3 is 6.18 Å². The second kappa shape index (κ2) is 5.93. The molecule has 1 aromatic heterocycles. The number of aromatic nitrogens is 1. The van der Waals surface area contributed by atoms with Crippen LogP contribution in [0.1, 0.15) is 24.1 Å². The van der Waals surface area contributed by atoms with Crippen LogP contribution >= 0.6 is 0 Å². The molecule has 4 nitrogen and oxygen atoms in total. The van der Waals surface area contributed by atoms with Gasteiger partial charge in [0.2, 0.25) is 6.19 Å². The minimum atomic E-state index is -4.46. The van der Waals surface area contributed by atoms with Crippen molar-refractivity contribution in [3.63, 3.8) is 0 Å². The van der Waals surface area contributed by atoms with Crippen molar-refractivity contribution in [2.45, 2.75) is 19.0 Å². The van der Waals surface area contributed by atoms with Gasteiger partial charge in [-0.2, -0.15) is 18.4 Å². The van der Waals surface area contributed by atoms with Crippen LogP contribution in [0.3, 0.4) is 0 Å². The summed E-state index contributed by atoms with van der Waals surface area (Å²) >= 11 is 0. The number of halogens is 3. The van der Waals surface area contributed by atoms with Crippen LogP contribution in [0.2, 0.25) is 0 Å². The first-order valence-electron chi connectivity index (χ1n) is 4.87. The van der Waals surface area contributed by atoms with Crippen molar-refractivity contribution in [3.05, 3.63) is 29.6 Å². The minimum Gasteiger partial charge on any atom is -0.321 e. The Kier molecular flexibility index (Phi) is 4.81. The Balaban J connectivity index is 2.80. The lowest BCUT2D eigenvalue weighted by Crippen LogP contribution is -2.10. The normalized spacial score (nSPS) is 15.1. The third-order valence-corrected chi connectivity index (χ3v) is 3.28. The average Bonchev–Trinajstić information content (AvgIpc) is 2.28. The van der Waals surface area contributed by atoms with E-state index in [1.54, 1.807) is 6.92 Å². The van der Waals surface area contributed by atoms with Crippen molar-refractivity contribution in [1.82, 2.24) is 4.98 Å². The Morgan fingerprint density at radius 2 is 2.22 bits per heavy atom. The van der Waals surface area contributed by atoms with Crippen LogP contribution in [-0.4, -0.2) is 15.3 Å². The lowest BCUT2D eigenvalue weighted by molar-refractivity contribution is -0.141. The van der Waals surface area contributed by atoms with Crippen LogP contribution in [0.25, 0.3) is 0 Å². The molecular formula is C10H10F3N3OS. The summed E-state index contributed by atoms with van der Waals surface area (Å²) in [6.07, 6.45) is -1.86. The van der Waals surface area contributed by atoms with Crippen LogP contribution < -0.4 is 0 Å². The van der Waals surface area contributed by atoms with Gasteiger partial charge in [0.1, 0.15) is 5.69 Å². The molecule has 0 fully saturated rings. The molecule has 1 heterocycles. The SMILES string of the molecule is C[C@@H](C[S@@](O)=NC#N)c1ccc(C(F)(F)F)nc1. The molecule has 0 aliphatic rings. The highest BCUT2D eigenvalue weighted by atomic mass is 32.2. The molecule has 0 saturated carbocycles. The second-order valence-electron chi connectivity index (χ2n) is 3.57. The number of nitrogens with zero attached hydrogens (tertiary/aromatic N) is 3. The second-order valence-corrected chi connectivity index (χ2v) is 4.77. The van der Waals surface area contributed by atoms with Crippen LogP contribution in [-0.2, 0) is 17.1 Å². The molecule has 18 heavy (non-hydrogen) atoms. The predicted octanol–water partition coefficient (Wildman–Crippen LogP) is 2.96. The molecule has 0 spiro atoms. The van der Waals surface area contributed by atoms with Crippen molar-refractivity contribution in [2.75, 3.05) is 5.75 Å². The van der Waals surface area contributed by atoms with E-state index in [9.17, 15) is 17.7 Å².